The summed E-state index contributed by atoms with van der Waals surface area (Å²) < 4.78 is 37.2. The van der Waals surface area contributed by atoms with Crippen LogP contribution in [0.1, 0.15) is 11.3 Å². The van der Waals surface area contributed by atoms with Crippen molar-refractivity contribution in [3.05, 3.63) is 39.8 Å². The fourth-order valence-electron chi connectivity index (χ4n) is 1.38. The predicted octanol–water partition coefficient (Wildman–Crippen LogP) is 2.25. The van der Waals surface area contributed by atoms with Crippen LogP contribution in [0, 0.1) is 6.92 Å². The number of aromatic nitrogens is 2. The Labute approximate surface area is 87.9 Å². The zero-order chi connectivity index (χ0) is 11.9. The van der Waals surface area contributed by atoms with Gasteiger partial charge < -0.3 is 4.98 Å². The van der Waals surface area contributed by atoms with Crippen LogP contribution in [0.3, 0.4) is 0 Å². The highest BCUT2D eigenvalue weighted by molar-refractivity contribution is 5.74. The van der Waals surface area contributed by atoms with Crippen molar-refractivity contribution in [2.75, 3.05) is 0 Å². The molecule has 2 rings (SSSR count). The molecule has 0 aliphatic heterocycles. The molecule has 84 valence electrons. The van der Waals surface area contributed by atoms with E-state index in [1.165, 1.54) is 12.1 Å². The van der Waals surface area contributed by atoms with Gasteiger partial charge in [-0.05, 0) is 24.6 Å². The highest BCUT2D eigenvalue weighted by Gasteiger charge is 2.36. The number of fused-ring (bicyclic) bond motifs is 1. The first kappa shape index (κ1) is 10.7. The van der Waals surface area contributed by atoms with Gasteiger partial charge in [0.1, 0.15) is 0 Å². The zero-order valence-electron chi connectivity index (χ0n) is 8.22. The number of hydrogen-bond acceptors (Lipinski definition) is 2. The number of aromatic amines is 1. The topological polar surface area (TPSA) is 45.8 Å². The summed E-state index contributed by atoms with van der Waals surface area (Å²) in [5.74, 6) is 0. The number of H-pyrrole nitrogens is 1. The first-order chi connectivity index (χ1) is 7.38. The predicted molar refractivity (Wildman–Crippen MR) is 52.1 cm³/mol. The van der Waals surface area contributed by atoms with Crippen LogP contribution in [0.25, 0.3) is 11.0 Å². The van der Waals surface area contributed by atoms with Crippen molar-refractivity contribution in [3.8, 4) is 0 Å². The van der Waals surface area contributed by atoms with E-state index < -0.39 is 17.4 Å². The number of aryl methyl sites for hydroxylation is 1. The first-order valence-corrected chi connectivity index (χ1v) is 4.46. The summed E-state index contributed by atoms with van der Waals surface area (Å²) in [5.41, 5.74) is -1.43. The number of alkyl halides is 3. The molecule has 0 amide bonds. The van der Waals surface area contributed by atoms with E-state index in [9.17, 15) is 18.0 Å². The Balaban J connectivity index is 2.79. The third kappa shape index (κ3) is 1.78. The number of benzene rings is 1. The van der Waals surface area contributed by atoms with Crippen molar-refractivity contribution < 1.29 is 13.2 Å². The monoisotopic (exact) mass is 228 g/mol. The van der Waals surface area contributed by atoms with E-state index in [2.05, 4.69) is 9.97 Å². The summed E-state index contributed by atoms with van der Waals surface area (Å²) in [7, 11) is 0. The molecule has 6 heteroatoms. The highest BCUT2D eigenvalue weighted by atomic mass is 19.4. The molecule has 0 saturated heterocycles. The van der Waals surface area contributed by atoms with Gasteiger partial charge in [0.25, 0.3) is 5.56 Å². The Morgan fingerprint density at radius 1 is 1.31 bits per heavy atom. The summed E-state index contributed by atoms with van der Waals surface area (Å²) in [6.07, 6.45) is -4.73. The molecule has 1 N–H and O–H groups in total. The van der Waals surface area contributed by atoms with Crippen LogP contribution < -0.4 is 5.56 Å². The summed E-state index contributed by atoms with van der Waals surface area (Å²) in [6.45, 7) is 1.74. The van der Waals surface area contributed by atoms with Crippen LogP contribution in [0.15, 0.2) is 23.0 Å². The number of rotatable bonds is 0. The molecule has 0 aliphatic carbocycles. The molecule has 0 atom stereocenters. The minimum Gasteiger partial charge on any atom is -0.319 e. The third-order valence-corrected chi connectivity index (χ3v) is 2.12. The Morgan fingerprint density at radius 2 is 2.00 bits per heavy atom. The smallest absolute Gasteiger partial charge is 0.319 e. The van der Waals surface area contributed by atoms with Crippen LogP contribution in [0.4, 0.5) is 13.2 Å². The van der Waals surface area contributed by atoms with Crippen LogP contribution in [-0.4, -0.2) is 9.97 Å². The second-order valence-corrected chi connectivity index (χ2v) is 3.43. The Bertz CT molecular complexity index is 601. The molecule has 0 bridgehead atoms. The summed E-state index contributed by atoms with van der Waals surface area (Å²) in [6, 6.07) is 4.70. The molecule has 0 spiro atoms. The van der Waals surface area contributed by atoms with Gasteiger partial charge >= 0.3 is 6.18 Å². The number of nitrogens with zero attached hydrogens (tertiary/aromatic N) is 1. The van der Waals surface area contributed by atoms with E-state index in [1.54, 1.807) is 13.0 Å². The van der Waals surface area contributed by atoms with Crippen LogP contribution in [-0.2, 0) is 6.18 Å². The molecule has 0 radical (unpaired) electrons. The maximum absolute atomic E-state index is 12.4. The lowest BCUT2D eigenvalue weighted by Gasteiger charge is -2.06. The van der Waals surface area contributed by atoms with Gasteiger partial charge in [0.15, 0.2) is 0 Å². The fourth-order valence-corrected chi connectivity index (χ4v) is 1.38. The van der Waals surface area contributed by atoms with Gasteiger partial charge in [0.2, 0.25) is 5.69 Å². The van der Waals surface area contributed by atoms with Crippen molar-refractivity contribution in [2.24, 2.45) is 0 Å². The molecule has 0 aliphatic rings. The minimum absolute atomic E-state index is 0.131. The molecule has 2 aromatic rings. The molecule has 1 aromatic carbocycles. The maximum atomic E-state index is 12.4. The van der Waals surface area contributed by atoms with E-state index >= 15 is 0 Å². The number of hydrogen-bond donors (Lipinski definition) is 1. The molecule has 1 aromatic heterocycles. The Kier molecular flexibility index (Phi) is 2.22. The van der Waals surface area contributed by atoms with Gasteiger partial charge in [0, 0.05) is 0 Å². The van der Waals surface area contributed by atoms with Crippen LogP contribution in [0.5, 0.6) is 0 Å². The van der Waals surface area contributed by atoms with Crippen molar-refractivity contribution in [1.82, 2.24) is 9.97 Å². The third-order valence-electron chi connectivity index (χ3n) is 2.12. The lowest BCUT2D eigenvalue weighted by molar-refractivity contribution is -0.142. The summed E-state index contributed by atoms with van der Waals surface area (Å²) in [4.78, 5) is 16.6. The maximum Gasteiger partial charge on any atom is 0.438 e. The van der Waals surface area contributed by atoms with Crippen molar-refractivity contribution in [3.63, 3.8) is 0 Å². The minimum atomic E-state index is -4.73. The van der Waals surface area contributed by atoms with Crippen molar-refractivity contribution in [1.29, 1.82) is 0 Å². The van der Waals surface area contributed by atoms with Crippen molar-refractivity contribution >= 4 is 11.0 Å². The fraction of sp³-hybridized carbons (Fsp3) is 0.200. The Morgan fingerprint density at radius 3 is 2.62 bits per heavy atom. The van der Waals surface area contributed by atoms with E-state index in [1.807, 2.05) is 0 Å². The van der Waals surface area contributed by atoms with Gasteiger partial charge in [-0.1, -0.05) is 6.07 Å². The second-order valence-electron chi connectivity index (χ2n) is 3.43. The zero-order valence-corrected chi connectivity index (χ0v) is 8.22. The molecule has 0 fully saturated rings. The quantitative estimate of drug-likeness (QED) is 0.751. The summed E-state index contributed by atoms with van der Waals surface area (Å²) in [5, 5.41) is 0. The lowest BCUT2D eigenvalue weighted by atomic mass is 10.2. The molecule has 1 heterocycles. The summed E-state index contributed by atoms with van der Waals surface area (Å²) >= 11 is 0. The molecule has 0 unspecified atom stereocenters. The standard InChI is InChI=1S/C10H7F3N2O/c1-5-2-3-6-7(4-5)14-8(9(16)15-6)10(11,12)13/h2-4H,1H3,(H,15,16). The SMILES string of the molecule is Cc1ccc2[nH]c(=O)c(C(F)(F)F)nc2c1. The van der Waals surface area contributed by atoms with E-state index in [-0.39, 0.29) is 5.52 Å². The van der Waals surface area contributed by atoms with Gasteiger partial charge in [-0.25, -0.2) is 4.98 Å². The molecular weight excluding hydrogens is 221 g/mol. The number of halogens is 3. The molecule has 16 heavy (non-hydrogen) atoms. The lowest BCUT2D eigenvalue weighted by Crippen LogP contribution is -2.23. The normalized spacial score (nSPS) is 12.0. The van der Waals surface area contributed by atoms with E-state index in [0.717, 1.165) is 5.56 Å². The van der Waals surface area contributed by atoms with Gasteiger partial charge in [-0.15, -0.1) is 0 Å². The average Bonchev–Trinajstić information content (AvgIpc) is 2.16. The van der Waals surface area contributed by atoms with Crippen LogP contribution >= 0.6 is 0 Å². The van der Waals surface area contributed by atoms with Gasteiger partial charge in [-0.3, -0.25) is 4.79 Å². The highest BCUT2D eigenvalue weighted by Crippen LogP contribution is 2.25. The largest absolute Gasteiger partial charge is 0.438 e. The van der Waals surface area contributed by atoms with Gasteiger partial charge in [0.05, 0.1) is 11.0 Å². The van der Waals surface area contributed by atoms with Gasteiger partial charge in [-0.2, -0.15) is 13.2 Å². The second kappa shape index (κ2) is 3.33. The van der Waals surface area contributed by atoms with E-state index in [4.69, 9.17) is 0 Å². The Hall–Kier alpha value is -1.85. The number of nitrogens with one attached hydrogen (secondary N) is 1. The first-order valence-electron chi connectivity index (χ1n) is 4.46. The molecule has 0 saturated carbocycles. The van der Waals surface area contributed by atoms with Crippen molar-refractivity contribution in [2.45, 2.75) is 13.1 Å². The van der Waals surface area contributed by atoms with E-state index in [0.29, 0.717) is 5.52 Å². The van der Waals surface area contributed by atoms with Crippen LogP contribution in [0.2, 0.25) is 0 Å². The average molecular weight is 228 g/mol. The molecule has 3 nitrogen and oxygen atoms in total. The molecular formula is C10H7F3N2O.